The molecule has 0 bridgehead atoms. The Morgan fingerprint density at radius 3 is 2.81 bits per heavy atom. The van der Waals surface area contributed by atoms with Crippen LogP contribution in [0.4, 0.5) is 5.82 Å². The van der Waals surface area contributed by atoms with Crippen molar-refractivity contribution in [1.82, 2.24) is 30.1 Å². The second kappa shape index (κ2) is 8.32. The Morgan fingerprint density at radius 1 is 1.11 bits per heavy atom. The molecule has 0 amide bonds. The van der Waals surface area contributed by atoms with Crippen molar-refractivity contribution >= 4 is 44.9 Å². The van der Waals surface area contributed by atoms with Gasteiger partial charge in [0, 0.05) is 57.6 Å². The molecule has 1 aliphatic heterocycles. The molecule has 9 nitrogen and oxygen atoms in total. The van der Waals surface area contributed by atoms with Crippen LogP contribution in [-0.2, 0) is 0 Å². The average Bonchev–Trinajstić information content (AvgIpc) is 3.64. The molecule has 1 saturated heterocycles. The fraction of sp³-hybridized carbons (Fsp3) is 0.148. The maximum absolute atomic E-state index is 11.8. The summed E-state index contributed by atoms with van der Waals surface area (Å²) >= 11 is 1.51. The minimum Gasteiger partial charge on any atom is -0.353 e. The van der Waals surface area contributed by atoms with Gasteiger partial charge in [0.05, 0.1) is 28.7 Å². The number of H-pyrrole nitrogens is 2. The summed E-state index contributed by atoms with van der Waals surface area (Å²) in [5, 5.41) is 9.59. The van der Waals surface area contributed by atoms with Crippen molar-refractivity contribution in [2.75, 3.05) is 18.0 Å². The predicted molar refractivity (Wildman–Crippen MR) is 146 cm³/mol. The molecular formula is C27H22N8OS. The zero-order valence-corrected chi connectivity index (χ0v) is 20.7. The first-order valence-corrected chi connectivity index (χ1v) is 12.8. The third-order valence-corrected chi connectivity index (χ3v) is 7.92. The van der Waals surface area contributed by atoms with Gasteiger partial charge in [-0.15, -0.1) is 11.3 Å². The van der Waals surface area contributed by atoms with Crippen LogP contribution in [0, 0.1) is 0 Å². The van der Waals surface area contributed by atoms with E-state index in [0.29, 0.717) is 5.65 Å². The van der Waals surface area contributed by atoms with Crippen molar-refractivity contribution in [1.29, 1.82) is 0 Å². The van der Waals surface area contributed by atoms with E-state index in [0.717, 1.165) is 73.2 Å². The molecule has 182 valence electrons. The summed E-state index contributed by atoms with van der Waals surface area (Å²) in [5.74, 6) is 0.893. The molecule has 0 unspecified atom stereocenters. The number of rotatable bonds is 5. The molecule has 1 aromatic carbocycles. The third kappa shape index (κ3) is 3.69. The van der Waals surface area contributed by atoms with Crippen molar-refractivity contribution in [3.63, 3.8) is 0 Å². The number of benzene rings is 1. The van der Waals surface area contributed by atoms with Crippen LogP contribution in [0.15, 0.2) is 61.1 Å². The highest BCUT2D eigenvalue weighted by molar-refractivity contribution is 7.17. The molecule has 0 aliphatic carbocycles. The Balaban J connectivity index is 1.29. The van der Waals surface area contributed by atoms with Crippen LogP contribution >= 0.6 is 11.3 Å². The second-order valence-corrected chi connectivity index (χ2v) is 10.4. The van der Waals surface area contributed by atoms with Gasteiger partial charge < -0.3 is 15.6 Å². The molecule has 6 heterocycles. The number of aromatic nitrogens is 6. The molecule has 37 heavy (non-hydrogen) atoms. The van der Waals surface area contributed by atoms with Crippen molar-refractivity contribution in [2.24, 2.45) is 5.73 Å². The number of thiophene rings is 1. The average molecular weight is 507 g/mol. The van der Waals surface area contributed by atoms with Gasteiger partial charge in [0.15, 0.2) is 11.4 Å². The number of fused-ring (bicyclic) bond motifs is 2. The molecular weight excluding hydrogens is 484 g/mol. The smallest absolute Gasteiger partial charge is 0.169 e. The summed E-state index contributed by atoms with van der Waals surface area (Å²) in [4.78, 5) is 33.0. The molecule has 10 heteroatoms. The van der Waals surface area contributed by atoms with Gasteiger partial charge in [0.25, 0.3) is 0 Å². The summed E-state index contributed by atoms with van der Waals surface area (Å²) in [5.41, 5.74) is 12.0. The van der Waals surface area contributed by atoms with Gasteiger partial charge in [-0.05, 0) is 37.3 Å². The number of carbonyl (C=O) groups is 1. The van der Waals surface area contributed by atoms with E-state index in [1.807, 2.05) is 30.3 Å². The third-order valence-electron chi connectivity index (χ3n) is 6.71. The zero-order chi connectivity index (χ0) is 25.1. The number of hydrogen-bond acceptors (Lipinski definition) is 8. The topological polar surface area (TPSA) is 129 Å². The molecule has 1 aliphatic rings. The van der Waals surface area contributed by atoms with E-state index in [4.69, 9.17) is 10.7 Å². The van der Waals surface area contributed by atoms with E-state index in [1.165, 1.54) is 11.3 Å². The first-order chi connectivity index (χ1) is 18.0. The minimum absolute atomic E-state index is 0.0770. The van der Waals surface area contributed by atoms with E-state index in [2.05, 4.69) is 42.2 Å². The number of ketones is 1. The van der Waals surface area contributed by atoms with Gasteiger partial charge in [-0.1, -0.05) is 12.1 Å². The lowest BCUT2D eigenvalue weighted by Crippen LogP contribution is -2.56. The molecule has 0 radical (unpaired) electrons. The van der Waals surface area contributed by atoms with Gasteiger partial charge in [-0.25, -0.2) is 9.97 Å². The number of Topliss-reactive ketones (excluding diaryl/α,β-unsaturated/α-hetero) is 1. The highest BCUT2D eigenvalue weighted by Crippen LogP contribution is 2.37. The quantitative estimate of drug-likeness (QED) is 0.290. The standard InChI is InChI=1S/C27H22N8OS/c1-14(36)23-5-6-24(37-23)17-3-2-4-20-18(17)8-21(31-20)26-19-7-15(9-30-27(19)34-33-26)22-10-29-11-25(32-22)35-12-16(28)13-35/h2-11,16,31H,12-13,28H2,1H3,(H,30,33,34). The minimum atomic E-state index is 0.0770. The molecule has 0 atom stereocenters. The molecule has 5 aromatic heterocycles. The van der Waals surface area contributed by atoms with E-state index >= 15 is 0 Å². The summed E-state index contributed by atoms with van der Waals surface area (Å²) in [6, 6.07) is 14.4. The summed E-state index contributed by atoms with van der Waals surface area (Å²) in [6.07, 6.45) is 5.30. The maximum Gasteiger partial charge on any atom is 0.169 e. The van der Waals surface area contributed by atoms with Crippen molar-refractivity contribution in [2.45, 2.75) is 13.0 Å². The van der Waals surface area contributed by atoms with Gasteiger partial charge in [0.2, 0.25) is 0 Å². The first kappa shape index (κ1) is 21.8. The lowest BCUT2D eigenvalue weighted by atomic mass is 10.1. The Morgan fingerprint density at radius 2 is 2.00 bits per heavy atom. The number of nitrogens with two attached hydrogens (primary N) is 1. The Kier molecular flexibility index (Phi) is 4.91. The Bertz CT molecular complexity index is 1810. The van der Waals surface area contributed by atoms with Crippen LogP contribution in [0.2, 0.25) is 0 Å². The van der Waals surface area contributed by atoms with Gasteiger partial charge in [0.1, 0.15) is 11.5 Å². The summed E-state index contributed by atoms with van der Waals surface area (Å²) in [7, 11) is 0. The van der Waals surface area contributed by atoms with Gasteiger partial charge >= 0.3 is 0 Å². The molecule has 0 spiro atoms. The van der Waals surface area contributed by atoms with Crippen LogP contribution in [0.3, 0.4) is 0 Å². The van der Waals surface area contributed by atoms with E-state index in [-0.39, 0.29) is 11.8 Å². The Hall–Kier alpha value is -4.41. The van der Waals surface area contributed by atoms with Crippen LogP contribution in [0.25, 0.3) is 55.0 Å². The second-order valence-electron chi connectivity index (χ2n) is 9.29. The highest BCUT2D eigenvalue weighted by Gasteiger charge is 2.25. The van der Waals surface area contributed by atoms with Crippen LogP contribution in [0.1, 0.15) is 16.6 Å². The van der Waals surface area contributed by atoms with E-state index < -0.39 is 0 Å². The lowest BCUT2D eigenvalue weighted by Gasteiger charge is -2.37. The van der Waals surface area contributed by atoms with Gasteiger partial charge in [-0.3, -0.25) is 14.9 Å². The van der Waals surface area contributed by atoms with Crippen LogP contribution in [0.5, 0.6) is 0 Å². The molecule has 1 fully saturated rings. The highest BCUT2D eigenvalue weighted by atomic mass is 32.1. The fourth-order valence-corrected chi connectivity index (χ4v) is 5.71. The van der Waals surface area contributed by atoms with Crippen LogP contribution in [-0.4, -0.2) is 55.0 Å². The van der Waals surface area contributed by atoms with Crippen molar-refractivity contribution in [3.05, 3.63) is 65.9 Å². The first-order valence-electron chi connectivity index (χ1n) is 11.9. The number of nitrogens with zero attached hydrogens (tertiary/aromatic N) is 5. The van der Waals surface area contributed by atoms with Crippen molar-refractivity contribution in [3.8, 4) is 33.1 Å². The Labute approximate surface area is 215 Å². The number of pyridine rings is 1. The molecule has 0 saturated carbocycles. The number of hydrogen-bond donors (Lipinski definition) is 3. The monoisotopic (exact) mass is 506 g/mol. The van der Waals surface area contributed by atoms with Gasteiger partial charge in [-0.2, -0.15) is 5.10 Å². The number of nitrogens with one attached hydrogen (secondary N) is 2. The number of aromatic amines is 2. The van der Waals surface area contributed by atoms with E-state index in [1.54, 1.807) is 25.5 Å². The molecule has 7 rings (SSSR count). The fourth-order valence-electron chi connectivity index (χ4n) is 4.77. The lowest BCUT2D eigenvalue weighted by molar-refractivity contribution is 0.102. The molecule has 6 aromatic rings. The molecule has 4 N–H and O–H groups in total. The summed E-state index contributed by atoms with van der Waals surface area (Å²) in [6.45, 7) is 3.16. The predicted octanol–water partition coefficient (Wildman–Crippen LogP) is 4.64. The number of carbonyl (C=O) groups excluding carboxylic acids is 1. The van der Waals surface area contributed by atoms with Crippen molar-refractivity contribution < 1.29 is 4.79 Å². The normalized spacial score (nSPS) is 13.9. The van der Waals surface area contributed by atoms with Crippen LogP contribution < -0.4 is 10.6 Å². The maximum atomic E-state index is 11.8. The summed E-state index contributed by atoms with van der Waals surface area (Å²) < 4.78 is 0. The SMILES string of the molecule is CC(=O)c1ccc(-c2cccc3[nH]c(-c4n[nH]c5ncc(-c6cncc(N7CC(N)C7)n6)cc45)cc23)s1. The number of anilines is 1. The van der Waals surface area contributed by atoms with E-state index in [9.17, 15) is 4.79 Å². The largest absolute Gasteiger partial charge is 0.353 e. The zero-order valence-electron chi connectivity index (χ0n) is 19.9.